The molecule has 3 rings (SSSR count). The second-order valence-corrected chi connectivity index (χ2v) is 7.89. The maximum absolute atomic E-state index is 6.16. The first-order chi connectivity index (χ1) is 11.5. The van der Waals surface area contributed by atoms with Gasteiger partial charge in [0.05, 0.1) is 0 Å². The van der Waals surface area contributed by atoms with Crippen molar-refractivity contribution >= 4 is 10.2 Å². The Kier molecular flexibility index (Phi) is 4.72. The van der Waals surface area contributed by atoms with E-state index in [0.29, 0.717) is 5.89 Å². The van der Waals surface area contributed by atoms with Gasteiger partial charge in [-0.25, -0.2) is 4.98 Å². The van der Waals surface area contributed by atoms with Crippen molar-refractivity contribution in [3.8, 4) is 22.6 Å². The fraction of sp³-hybridized carbons (Fsp3) is 0.286. The first-order valence-electron chi connectivity index (χ1n) is 8.40. The molecule has 0 saturated heterocycles. The SMILES string of the molecule is CCCc1cccc(-c2nc(C(C)(C)[Si])oc2-c2ccccc2)c1. The second-order valence-electron chi connectivity index (χ2n) is 6.64. The molecule has 0 fully saturated rings. The van der Waals surface area contributed by atoms with Crippen LogP contribution in [0.3, 0.4) is 0 Å². The largest absolute Gasteiger partial charge is 0.440 e. The number of hydrogen-bond donors (Lipinski definition) is 0. The average Bonchev–Trinajstić information content (AvgIpc) is 3.02. The number of nitrogens with zero attached hydrogens (tertiary/aromatic N) is 1. The van der Waals surface area contributed by atoms with E-state index in [1.54, 1.807) is 0 Å². The maximum atomic E-state index is 6.16. The fourth-order valence-electron chi connectivity index (χ4n) is 2.73. The van der Waals surface area contributed by atoms with Gasteiger partial charge in [-0.2, -0.15) is 0 Å². The van der Waals surface area contributed by atoms with Gasteiger partial charge >= 0.3 is 0 Å². The molecule has 0 amide bonds. The molecule has 3 heteroatoms. The zero-order valence-corrected chi connectivity index (χ0v) is 15.5. The molecule has 0 spiro atoms. The molecule has 0 atom stereocenters. The number of oxazole rings is 1. The van der Waals surface area contributed by atoms with Crippen LogP contribution in [0.2, 0.25) is 0 Å². The third-order valence-corrected chi connectivity index (χ3v) is 4.15. The monoisotopic (exact) mass is 332 g/mol. The molecule has 0 bridgehead atoms. The molecule has 3 aromatic rings. The van der Waals surface area contributed by atoms with E-state index in [0.717, 1.165) is 35.4 Å². The summed E-state index contributed by atoms with van der Waals surface area (Å²) in [5.74, 6) is 1.51. The van der Waals surface area contributed by atoms with E-state index in [1.165, 1.54) is 5.56 Å². The first-order valence-corrected chi connectivity index (χ1v) is 8.90. The summed E-state index contributed by atoms with van der Waals surface area (Å²) in [6.45, 7) is 6.28. The Morgan fingerprint density at radius 2 is 1.71 bits per heavy atom. The molecular formula is C21H22NOSi. The van der Waals surface area contributed by atoms with Crippen molar-refractivity contribution in [3.05, 3.63) is 66.1 Å². The molecule has 0 aliphatic heterocycles. The molecule has 24 heavy (non-hydrogen) atoms. The van der Waals surface area contributed by atoms with Crippen LogP contribution in [0, 0.1) is 0 Å². The van der Waals surface area contributed by atoms with Crippen LogP contribution in [-0.2, 0) is 11.5 Å². The van der Waals surface area contributed by atoms with Gasteiger partial charge in [-0.1, -0.05) is 75.7 Å². The van der Waals surface area contributed by atoms with E-state index in [9.17, 15) is 0 Å². The Morgan fingerprint density at radius 1 is 1.00 bits per heavy atom. The van der Waals surface area contributed by atoms with Crippen molar-refractivity contribution < 1.29 is 4.42 Å². The van der Waals surface area contributed by atoms with Crippen LogP contribution in [0.4, 0.5) is 0 Å². The Bertz CT molecular complexity index is 815. The summed E-state index contributed by atoms with van der Waals surface area (Å²) in [5.41, 5.74) is 4.38. The number of aryl methyl sites for hydroxylation is 1. The molecule has 1 heterocycles. The quantitative estimate of drug-likeness (QED) is 0.587. The lowest BCUT2D eigenvalue weighted by atomic mass is 10.0. The Labute approximate surface area is 147 Å². The number of rotatable bonds is 5. The van der Waals surface area contributed by atoms with E-state index in [2.05, 4.69) is 53.6 Å². The van der Waals surface area contributed by atoms with Crippen LogP contribution >= 0.6 is 0 Å². The third kappa shape index (κ3) is 3.51. The molecule has 2 nitrogen and oxygen atoms in total. The predicted octanol–water partition coefficient (Wildman–Crippen LogP) is 5.36. The first kappa shape index (κ1) is 16.7. The van der Waals surface area contributed by atoms with Crippen molar-refractivity contribution in [2.45, 2.75) is 38.7 Å². The second kappa shape index (κ2) is 6.77. The van der Waals surface area contributed by atoms with Crippen molar-refractivity contribution in [2.24, 2.45) is 0 Å². The summed E-state index contributed by atoms with van der Waals surface area (Å²) in [7, 11) is 3.72. The Morgan fingerprint density at radius 3 is 2.38 bits per heavy atom. The molecule has 0 N–H and O–H groups in total. The Balaban J connectivity index is 2.16. The fourth-order valence-corrected chi connectivity index (χ4v) is 2.84. The summed E-state index contributed by atoms with van der Waals surface area (Å²) < 4.78 is 6.16. The van der Waals surface area contributed by atoms with E-state index >= 15 is 0 Å². The minimum atomic E-state index is -0.317. The van der Waals surface area contributed by atoms with Crippen LogP contribution in [0.5, 0.6) is 0 Å². The van der Waals surface area contributed by atoms with Gasteiger partial charge in [-0.05, 0) is 18.1 Å². The zero-order valence-electron chi connectivity index (χ0n) is 14.5. The summed E-state index contributed by atoms with van der Waals surface area (Å²) in [6.07, 6.45) is 2.20. The molecule has 0 unspecified atom stereocenters. The maximum Gasteiger partial charge on any atom is 0.197 e. The molecule has 0 aliphatic rings. The van der Waals surface area contributed by atoms with Crippen LogP contribution < -0.4 is 0 Å². The van der Waals surface area contributed by atoms with Crippen molar-refractivity contribution in [1.82, 2.24) is 4.98 Å². The smallest absolute Gasteiger partial charge is 0.197 e. The topological polar surface area (TPSA) is 26.0 Å². The van der Waals surface area contributed by atoms with Crippen LogP contribution in [-0.4, -0.2) is 15.2 Å². The van der Waals surface area contributed by atoms with Gasteiger partial charge in [0.1, 0.15) is 5.69 Å². The predicted molar refractivity (Wildman–Crippen MR) is 100 cm³/mol. The lowest BCUT2D eigenvalue weighted by Crippen LogP contribution is -2.16. The highest BCUT2D eigenvalue weighted by molar-refractivity contribution is 6.14. The molecule has 3 radical (unpaired) electrons. The number of hydrogen-bond acceptors (Lipinski definition) is 2. The van der Waals surface area contributed by atoms with Gasteiger partial charge < -0.3 is 4.42 Å². The van der Waals surface area contributed by atoms with Crippen molar-refractivity contribution in [1.29, 1.82) is 0 Å². The highest BCUT2D eigenvalue weighted by Crippen LogP contribution is 2.35. The standard InChI is InChI=1S/C21H22NOSi/c1-4-9-15-10-8-13-17(14-15)18-19(16-11-6-5-7-12-16)23-20(22-18)21(2,3)24/h5-8,10-14H,4,9H2,1-3H3. The van der Waals surface area contributed by atoms with Gasteiger partial charge in [0.2, 0.25) is 0 Å². The minimum absolute atomic E-state index is 0.317. The van der Waals surface area contributed by atoms with E-state index in [1.807, 2.05) is 32.0 Å². The normalized spacial score (nSPS) is 11.7. The summed E-state index contributed by atoms with van der Waals surface area (Å²) >= 11 is 0. The van der Waals surface area contributed by atoms with Gasteiger partial charge in [-0.3, -0.25) is 0 Å². The summed E-state index contributed by atoms with van der Waals surface area (Å²) in [6, 6.07) is 18.8. The van der Waals surface area contributed by atoms with Crippen LogP contribution in [0.1, 0.15) is 38.6 Å². The average molecular weight is 332 g/mol. The van der Waals surface area contributed by atoms with E-state index in [-0.39, 0.29) is 5.04 Å². The Hall–Kier alpha value is -2.13. The van der Waals surface area contributed by atoms with E-state index in [4.69, 9.17) is 9.40 Å². The minimum Gasteiger partial charge on any atom is -0.440 e. The van der Waals surface area contributed by atoms with Crippen molar-refractivity contribution in [3.63, 3.8) is 0 Å². The van der Waals surface area contributed by atoms with Crippen LogP contribution in [0.25, 0.3) is 22.6 Å². The van der Waals surface area contributed by atoms with Crippen LogP contribution in [0.15, 0.2) is 59.0 Å². The molecule has 0 aliphatic carbocycles. The molecule has 2 aromatic carbocycles. The number of benzene rings is 2. The lowest BCUT2D eigenvalue weighted by Gasteiger charge is -2.11. The number of aromatic nitrogens is 1. The molecule has 1 aromatic heterocycles. The van der Waals surface area contributed by atoms with Gasteiger partial charge in [-0.15, -0.1) is 0 Å². The summed E-state index contributed by atoms with van der Waals surface area (Å²) in [5, 5.41) is -0.317. The van der Waals surface area contributed by atoms with Gasteiger partial charge in [0, 0.05) is 26.4 Å². The van der Waals surface area contributed by atoms with Gasteiger partial charge in [0.25, 0.3) is 0 Å². The van der Waals surface area contributed by atoms with Crippen molar-refractivity contribution in [2.75, 3.05) is 0 Å². The summed E-state index contributed by atoms with van der Waals surface area (Å²) in [4.78, 5) is 4.81. The highest BCUT2D eigenvalue weighted by Gasteiger charge is 2.25. The zero-order chi connectivity index (χ0) is 17.2. The van der Waals surface area contributed by atoms with E-state index < -0.39 is 0 Å². The molecule has 121 valence electrons. The highest BCUT2D eigenvalue weighted by atomic mass is 28.1. The lowest BCUT2D eigenvalue weighted by molar-refractivity contribution is 0.456. The molecular weight excluding hydrogens is 310 g/mol. The van der Waals surface area contributed by atoms with Gasteiger partial charge in [0.15, 0.2) is 11.7 Å². The third-order valence-electron chi connectivity index (χ3n) is 3.94. The molecule has 0 saturated carbocycles.